The smallest absolute Gasteiger partial charge is 0.161 e. The van der Waals surface area contributed by atoms with Crippen LogP contribution in [0.5, 0.6) is 0 Å². The summed E-state index contributed by atoms with van der Waals surface area (Å²) < 4.78 is 12.7. The maximum atomic E-state index is 6.46. The number of fused-ring (bicyclic) bond motifs is 6. The monoisotopic (exact) mass is 564 g/mol. The Morgan fingerprint density at radius 1 is 0.386 bits per heavy atom. The van der Waals surface area contributed by atoms with Gasteiger partial charge in [0.15, 0.2) is 5.82 Å². The number of rotatable bonds is 4. The largest absolute Gasteiger partial charge is 0.456 e. The Morgan fingerprint density at radius 3 is 1.80 bits per heavy atom. The van der Waals surface area contributed by atoms with Gasteiger partial charge in [0, 0.05) is 38.2 Å². The zero-order valence-corrected chi connectivity index (χ0v) is 23.6. The van der Waals surface area contributed by atoms with Crippen molar-refractivity contribution in [1.82, 2.24) is 9.97 Å². The first-order valence-electron chi connectivity index (χ1n) is 14.7. The van der Waals surface area contributed by atoms with Gasteiger partial charge < -0.3 is 8.83 Å². The molecule has 6 aromatic carbocycles. The van der Waals surface area contributed by atoms with Crippen LogP contribution in [0.4, 0.5) is 0 Å². The van der Waals surface area contributed by atoms with E-state index in [0.29, 0.717) is 5.82 Å². The lowest BCUT2D eigenvalue weighted by Gasteiger charge is -2.13. The van der Waals surface area contributed by atoms with Crippen molar-refractivity contribution in [3.05, 3.63) is 146 Å². The van der Waals surface area contributed by atoms with Gasteiger partial charge in [0.05, 0.1) is 11.4 Å². The summed E-state index contributed by atoms with van der Waals surface area (Å²) in [5.74, 6) is 0.630. The van der Waals surface area contributed by atoms with Crippen molar-refractivity contribution in [3.63, 3.8) is 0 Å². The van der Waals surface area contributed by atoms with E-state index >= 15 is 0 Å². The van der Waals surface area contributed by atoms with E-state index in [1.54, 1.807) is 0 Å². The minimum absolute atomic E-state index is 0.630. The van der Waals surface area contributed by atoms with E-state index in [2.05, 4.69) is 91.0 Å². The Kier molecular flexibility index (Phi) is 5.47. The zero-order chi connectivity index (χ0) is 29.0. The van der Waals surface area contributed by atoms with Gasteiger partial charge in [-0.05, 0) is 41.5 Å². The van der Waals surface area contributed by atoms with Crippen molar-refractivity contribution < 1.29 is 8.83 Å². The third-order valence-corrected chi connectivity index (χ3v) is 8.34. The van der Waals surface area contributed by atoms with Crippen LogP contribution in [0.2, 0.25) is 0 Å². The normalized spacial score (nSPS) is 11.6. The van der Waals surface area contributed by atoms with Crippen LogP contribution < -0.4 is 0 Å². The minimum atomic E-state index is 0.630. The first kappa shape index (κ1) is 24.6. The van der Waals surface area contributed by atoms with E-state index in [4.69, 9.17) is 18.8 Å². The lowest BCUT2D eigenvalue weighted by molar-refractivity contribution is 0.668. The summed E-state index contributed by atoms with van der Waals surface area (Å²) >= 11 is 0. The second-order valence-electron chi connectivity index (χ2n) is 10.9. The first-order valence-corrected chi connectivity index (χ1v) is 14.7. The third-order valence-electron chi connectivity index (χ3n) is 8.34. The molecule has 0 N–H and O–H groups in total. The van der Waals surface area contributed by atoms with E-state index in [1.165, 1.54) is 0 Å². The number of para-hydroxylation sites is 3. The number of nitrogens with zero attached hydrogens (tertiary/aromatic N) is 2. The lowest BCUT2D eigenvalue weighted by Crippen LogP contribution is -1.97. The van der Waals surface area contributed by atoms with Crippen molar-refractivity contribution >= 4 is 43.9 Å². The highest BCUT2D eigenvalue weighted by atomic mass is 16.3. The fraction of sp³-hybridized carbons (Fsp3) is 0. The Hall–Kier alpha value is -6.00. The van der Waals surface area contributed by atoms with Gasteiger partial charge >= 0.3 is 0 Å². The molecule has 0 amide bonds. The average molecular weight is 565 g/mol. The quantitative estimate of drug-likeness (QED) is 0.213. The summed E-state index contributed by atoms with van der Waals surface area (Å²) in [6.07, 6.45) is 0. The number of furan rings is 2. The Bertz CT molecular complexity index is 2510. The molecule has 3 heterocycles. The third kappa shape index (κ3) is 3.85. The number of hydrogen-bond acceptors (Lipinski definition) is 4. The molecule has 0 aliphatic rings. The molecule has 0 atom stereocenters. The molecule has 4 nitrogen and oxygen atoms in total. The van der Waals surface area contributed by atoms with Crippen LogP contribution in [0.15, 0.2) is 154 Å². The lowest BCUT2D eigenvalue weighted by atomic mass is 9.96. The van der Waals surface area contributed by atoms with E-state index in [-0.39, 0.29) is 0 Å². The van der Waals surface area contributed by atoms with Crippen molar-refractivity contribution in [1.29, 1.82) is 0 Å². The van der Waals surface area contributed by atoms with Crippen LogP contribution in [-0.4, -0.2) is 9.97 Å². The summed E-state index contributed by atoms with van der Waals surface area (Å²) in [6, 6.07) is 49.6. The van der Waals surface area contributed by atoms with Crippen LogP contribution in [0.1, 0.15) is 0 Å². The van der Waals surface area contributed by atoms with E-state index in [0.717, 1.165) is 83.1 Å². The molecule has 4 heteroatoms. The first-order chi connectivity index (χ1) is 21.8. The molecular formula is C40H24N2O2. The van der Waals surface area contributed by atoms with Gasteiger partial charge in [-0.15, -0.1) is 0 Å². The molecule has 0 saturated heterocycles. The van der Waals surface area contributed by atoms with Crippen LogP contribution in [0, 0.1) is 0 Å². The van der Waals surface area contributed by atoms with Crippen LogP contribution in [0.25, 0.3) is 88.9 Å². The Labute approximate surface area is 252 Å². The highest BCUT2D eigenvalue weighted by Crippen LogP contribution is 2.40. The van der Waals surface area contributed by atoms with Gasteiger partial charge in [-0.25, -0.2) is 9.97 Å². The second-order valence-corrected chi connectivity index (χ2v) is 10.9. The van der Waals surface area contributed by atoms with Gasteiger partial charge in [-0.2, -0.15) is 0 Å². The van der Waals surface area contributed by atoms with Gasteiger partial charge in [0.25, 0.3) is 0 Å². The van der Waals surface area contributed by atoms with Crippen molar-refractivity contribution in [2.45, 2.75) is 0 Å². The highest BCUT2D eigenvalue weighted by molar-refractivity contribution is 6.12. The van der Waals surface area contributed by atoms with Crippen molar-refractivity contribution in [2.75, 3.05) is 0 Å². The molecule has 9 aromatic rings. The maximum absolute atomic E-state index is 6.46. The minimum Gasteiger partial charge on any atom is -0.456 e. The summed E-state index contributed by atoms with van der Waals surface area (Å²) in [4.78, 5) is 10.5. The molecule has 44 heavy (non-hydrogen) atoms. The summed E-state index contributed by atoms with van der Waals surface area (Å²) in [6.45, 7) is 0. The topological polar surface area (TPSA) is 52.1 Å². The van der Waals surface area contributed by atoms with Gasteiger partial charge in [0.2, 0.25) is 0 Å². The van der Waals surface area contributed by atoms with Crippen LogP contribution >= 0.6 is 0 Å². The molecule has 0 bridgehead atoms. The fourth-order valence-electron chi connectivity index (χ4n) is 6.33. The van der Waals surface area contributed by atoms with Crippen LogP contribution in [0.3, 0.4) is 0 Å². The molecular weight excluding hydrogens is 540 g/mol. The number of aromatic nitrogens is 2. The van der Waals surface area contributed by atoms with E-state index in [1.807, 2.05) is 54.6 Å². The number of hydrogen-bond donors (Lipinski definition) is 0. The van der Waals surface area contributed by atoms with Crippen molar-refractivity contribution in [3.8, 4) is 45.0 Å². The molecule has 0 aliphatic heterocycles. The maximum Gasteiger partial charge on any atom is 0.161 e. The predicted octanol–water partition coefficient (Wildman–Crippen LogP) is 10.9. The SMILES string of the molecule is c1ccc(-c2ccccc2-c2cc(-c3cccc4c3oc3ccccc34)nc(-c3cccc4oc5ccccc5c34)n2)cc1. The summed E-state index contributed by atoms with van der Waals surface area (Å²) in [5.41, 5.74) is 10.1. The second kappa shape index (κ2) is 9.79. The van der Waals surface area contributed by atoms with Gasteiger partial charge in [-0.1, -0.05) is 115 Å². The molecule has 0 fully saturated rings. The summed E-state index contributed by atoms with van der Waals surface area (Å²) in [5, 5.41) is 4.19. The van der Waals surface area contributed by atoms with Gasteiger partial charge in [-0.3, -0.25) is 0 Å². The van der Waals surface area contributed by atoms with Gasteiger partial charge in [0.1, 0.15) is 22.3 Å². The molecule has 0 aliphatic carbocycles. The van der Waals surface area contributed by atoms with E-state index in [9.17, 15) is 0 Å². The molecule has 9 rings (SSSR count). The van der Waals surface area contributed by atoms with Crippen molar-refractivity contribution in [2.24, 2.45) is 0 Å². The number of benzene rings is 6. The average Bonchev–Trinajstić information content (AvgIpc) is 3.67. The molecule has 3 aromatic heterocycles. The molecule has 206 valence electrons. The molecule has 0 unspecified atom stereocenters. The molecule has 0 spiro atoms. The zero-order valence-electron chi connectivity index (χ0n) is 23.6. The fourth-order valence-corrected chi connectivity index (χ4v) is 6.33. The predicted molar refractivity (Wildman–Crippen MR) is 178 cm³/mol. The van der Waals surface area contributed by atoms with E-state index < -0.39 is 0 Å². The molecule has 0 saturated carbocycles. The Morgan fingerprint density at radius 2 is 0.955 bits per heavy atom. The Balaban J connectivity index is 1.36. The highest BCUT2D eigenvalue weighted by Gasteiger charge is 2.20. The summed E-state index contributed by atoms with van der Waals surface area (Å²) in [7, 11) is 0. The standard InChI is InChI=1S/C40H24N2O2/c1-2-12-25(13-3-1)26-14-4-5-15-27(26)33-24-34(30-19-10-18-29-28-16-6-8-21-35(28)44-39(29)30)42-40(41-33)32-20-11-23-37-38(32)31-17-7-9-22-36(31)43-37/h1-24H. The van der Waals surface area contributed by atoms with Crippen LogP contribution in [-0.2, 0) is 0 Å². The molecule has 0 radical (unpaired) electrons.